The van der Waals surface area contributed by atoms with E-state index in [1.807, 2.05) is 18.2 Å². The van der Waals surface area contributed by atoms with Gasteiger partial charge in [0.05, 0.1) is 25.9 Å². The maximum Gasteiger partial charge on any atom is 0.161 e. The highest BCUT2D eigenvalue weighted by molar-refractivity contribution is 5.44. The summed E-state index contributed by atoms with van der Waals surface area (Å²) in [5.74, 6) is 2.03. The second-order valence-electron chi connectivity index (χ2n) is 5.42. The van der Waals surface area contributed by atoms with E-state index >= 15 is 0 Å². The highest BCUT2D eigenvalue weighted by Gasteiger charge is 2.28. The Hall–Kier alpha value is -1.26. The highest BCUT2D eigenvalue weighted by atomic mass is 16.5. The average molecular weight is 263 g/mol. The fourth-order valence-electron chi connectivity index (χ4n) is 2.76. The molecule has 1 aromatic carbocycles. The van der Waals surface area contributed by atoms with E-state index in [0.717, 1.165) is 36.5 Å². The van der Waals surface area contributed by atoms with Crippen LogP contribution in [-0.2, 0) is 4.74 Å². The Balaban J connectivity index is 1.79. The van der Waals surface area contributed by atoms with Crippen molar-refractivity contribution in [3.8, 4) is 11.5 Å². The van der Waals surface area contributed by atoms with Gasteiger partial charge in [0.2, 0.25) is 0 Å². The summed E-state index contributed by atoms with van der Waals surface area (Å²) in [6.45, 7) is 4.26. The van der Waals surface area contributed by atoms with Crippen molar-refractivity contribution in [1.29, 1.82) is 0 Å². The fraction of sp³-hybridized carbons (Fsp3) is 0.600. The highest BCUT2D eigenvalue weighted by Crippen LogP contribution is 2.35. The molecule has 0 bridgehead atoms. The first-order valence-electron chi connectivity index (χ1n) is 7.01. The zero-order valence-electron chi connectivity index (χ0n) is 11.3. The van der Waals surface area contributed by atoms with E-state index in [0.29, 0.717) is 25.2 Å². The molecule has 0 amide bonds. The van der Waals surface area contributed by atoms with Gasteiger partial charge in [-0.1, -0.05) is 6.07 Å². The third-order valence-corrected chi connectivity index (χ3v) is 3.89. The van der Waals surface area contributed by atoms with Crippen LogP contribution in [0.25, 0.3) is 0 Å². The number of hydrogen-bond donors (Lipinski definition) is 1. The van der Waals surface area contributed by atoms with Crippen LogP contribution in [0.3, 0.4) is 0 Å². The lowest BCUT2D eigenvalue weighted by atomic mass is 9.91. The Morgan fingerprint density at radius 3 is 2.74 bits per heavy atom. The molecule has 0 aliphatic carbocycles. The molecular weight excluding hydrogens is 242 g/mol. The molecule has 104 valence electrons. The molecule has 1 aromatic rings. The lowest BCUT2D eigenvalue weighted by Gasteiger charge is -2.19. The number of ether oxygens (including phenoxy) is 3. The van der Waals surface area contributed by atoms with E-state index in [1.54, 1.807) is 0 Å². The van der Waals surface area contributed by atoms with Gasteiger partial charge in [-0.15, -0.1) is 0 Å². The number of hydrogen-bond acceptors (Lipinski definition) is 4. The fourth-order valence-corrected chi connectivity index (χ4v) is 2.76. The third kappa shape index (κ3) is 2.69. The van der Waals surface area contributed by atoms with Gasteiger partial charge in [-0.05, 0) is 31.0 Å². The number of rotatable bonds is 2. The van der Waals surface area contributed by atoms with Gasteiger partial charge in [-0.2, -0.15) is 0 Å². The lowest BCUT2D eigenvalue weighted by molar-refractivity contribution is 0.118. The molecular formula is C15H21NO3. The molecule has 3 atom stereocenters. The van der Waals surface area contributed by atoms with Crippen molar-refractivity contribution < 1.29 is 14.2 Å². The van der Waals surface area contributed by atoms with Crippen molar-refractivity contribution in [3.05, 3.63) is 23.8 Å². The van der Waals surface area contributed by atoms with Crippen LogP contribution in [0, 0.1) is 5.92 Å². The Morgan fingerprint density at radius 1 is 1.21 bits per heavy atom. The van der Waals surface area contributed by atoms with Crippen LogP contribution in [-0.4, -0.2) is 25.9 Å². The number of fused-ring (bicyclic) bond motifs is 1. The van der Waals surface area contributed by atoms with Crippen LogP contribution in [0.1, 0.15) is 31.4 Å². The summed E-state index contributed by atoms with van der Waals surface area (Å²) in [7, 11) is 0. The van der Waals surface area contributed by atoms with Crippen molar-refractivity contribution in [2.45, 2.75) is 31.9 Å². The second kappa shape index (κ2) is 5.39. The normalized spacial score (nSPS) is 27.9. The molecule has 1 fully saturated rings. The summed E-state index contributed by atoms with van der Waals surface area (Å²) in [5.41, 5.74) is 7.46. The van der Waals surface area contributed by atoms with Crippen LogP contribution in [0.5, 0.6) is 11.5 Å². The van der Waals surface area contributed by atoms with Crippen molar-refractivity contribution in [2.24, 2.45) is 11.7 Å². The third-order valence-electron chi connectivity index (χ3n) is 3.89. The molecule has 2 aliphatic heterocycles. The summed E-state index contributed by atoms with van der Waals surface area (Å²) in [6.07, 6.45) is 2.26. The van der Waals surface area contributed by atoms with Gasteiger partial charge in [0.25, 0.3) is 0 Å². The average Bonchev–Trinajstić information content (AvgIpc) is 2.72. The maximum atomic E-state index is 6.36. The van der Waals surface area contributed by atoms with E-state index in [2.05, 4.69) is 6.92 Å². The summed E-state index contributed by atoms with van der Waals surface area (Å²) in [6, 6.07) is 6.03. The minimum atomic E-state index is 0.00195. The molecule has 3 rings (SSSR count). The molecule has 4 heteroatoms. The predicted octanol–water partition coefficient (Wildman–Crippen LogP) is 2.27. The van der Waals surface area contributed by atoms with Gasteiger partial charge in [0, 0.05) is 18.4 Å². The number of nitrogens with two attached hydrogens (primary N) is 1. The minimum absolute atomic E-state index is 0.00195. The Kier molecular flexibility index (Phi) is 3.62. The topological polar surface area (TPSA) is 53.7 Å². The van der Waals surface area contributed by atoms with Crippen LogP contribution in [0.2, 0.25) is 0 Å². The Labute approximate surface area is 113 Å². The van der Waals surface area contributed by atoms with Crippen molar-refractivity contribution in [2.75, 3.05) is 19.8 Å². The smallest absolute Gasteiger partial charge is 0.161 e. The van der Waals surface area contributed by atoms with Gasteiger partial charge in [-0.25, -0.2) is 0 Å². The molecule has 1 saturated heterocycles. The largest absolute Gasteiger partial charge is 0.490 e. The van der Waals surface area contributed by atoms with Gasteiger partial charge >= 0.3 is 0 Å². The minimum Gasteiger partial charge on any atom is -0.490 e. The summed E-state index contributed by atoms with van der Waals surface area (Å²) in [4.78, 5) is 0. The monoisotopic (exact) mass is 263 g/mol. The van der Waals surface area contributed by atoms with E-state index in [-0.39, 0.29) is 6.04 Å². The molecule has 2 N–H and O–H groups in total. The first-order chi connectivity index (χ1) is 9.24. The number of benzene rings is 1. The van der Waals surface area contributed by atoms with Gasteiger partial charge in [0.1, 0.15) is 0 Å². The van der Waals surface area contributed by atoms with Crippen molar-refractivity contribution in [3.63, 3.8) is 0 Å². The summed E-state index contributed by atoms with van der Waals surface area (Å²) < 4.78 is 17.0. The maximum absolute atomic E-state index is 6.36. The SMILES string of the molecule is CC1CC(C(N)c2ccc3c(c2)OCCCO3)CO1. The van der Waals surface area contributed by atoms with E-state index in [9.17, 15) is 0 Å². The predicted molar refractivity (Wildman–Crippen MR) is 72.5 cm³/mol. The van der Waals surface area contributed by atoms with Crippen molar-refractivity contribution in [1.82, 2.24) is 0 Å². The summed E-state index contributed by atoms with van der Waals surface area (Å²) >= 11 is 0. The molecule has 2 aliphatic rings. The quantitative estimate of drug-likeness (QED) is 0.889. The van der Waals surface area contributed by atoms with Crippen LogP contribution in [0.4, 0.5) is 0 Å². The van der Waals surface area contributed by atoms with E-state index < -0.39 is 0 Å². The second-order valence-corrected chi connectivity index (χ2v) is 5.42. The van der Waals surface area contributed by atoms with Gasteiger partial charge in [0.15, 0.2) is 11.5 Å². The molecule has 0 saturated carbocycles. The molecule has 0 spiro atoms. The Morgan fingerprint density at radius 2 is 2.00 bits per heavy atom. The zero-order chi connectivity index (χ0) is 13.2. The first kappa shape index (κ1) is 12.8. The lowest BCUT2D eigenvalue weighted by Crippen LogP contribution is -2.21. The standard InChI is InChI=1S/C15H21NO3/c1-10-7-12(9-19-10)15(16)11-3-4-13-14(8-11)18-6-2-5-17-13/h3-4,8,10,12,15H,2,5-7,9,16H2,1H3. The molecule has 3 unspecified atom stereocenters. The zero-order valence-corrected chi connectivity index (χ0v) is 11.3. The molecule has 0 aromatic heterocycles. The Bertz CT molecular complexity index is 449. The van der Waals surface area contributed by atoms with Crippen molar-refractivity contribution >= 4 is 0 Å². The van der Waals surface area contributed by atoms with Crippen LogP contribution in [0.15, 0.2) is 18.2 Å². The van der Waals surface area contributed by atoms with Crippen LogP contribution >= 0.6 is 0 Å². The van der Waals surface area contributed by atoms with Gasteiger partial charge in [-0.3, -0.25) is 0 Å². The first-order valence-corrected chi connectivity index (χ1v) is 7.01. The molecule has 0 radical (unpaired) electrons. The molecule has 2 heterocycles. The summed E-state index contributed by atoms with van der Waals surface area (Å²) in [5, 5.41) is 0. The van der Waals surface area contributed by atoms with Gasteiger partial charge < -0.3 is 19.9 Å². The van der Waals surface area contributed by atoms with E-state index in [4.69, 9.17) is 19.9 Å². The van der Waals surface area contributed by atoms with Crippen LogP contribution < -0.4 is 15.2 Å². The molecule has 19 heavy (non-hydrogen) atoms. The molecule has 4 nitrogen and oxygen atoms in total. The van der Waals surface area contributed by atoms with E-state index in [1.165, 1.54) is 0 Å².